The summed E-state index contributed by atoms with van der Waals surface area (Å²) >= 11 is 0. The van der Waals surface area contributed by atoms with Crippen molar-refractivity contribution in [1.29, 1.82) is 0 Å². The standard InChI is InChI=1S/C14H23NO2/c1-4-8-14(9-6-5-7-10-14)17-13(16)11-12(2)15-3/h1,12,15H,5-11H2,2-3H3. The van der Waals surface area contributed by atoms with Crippen LogP contribution in [-0.4, -0.2) is 24.7 Å². The summed E-state index contributed by atoms with van der Waals surface area (Å²) in [6.45, 7) is 1.97. The second-order valence-corrected chi connectivity index (χ2v) is 4.99. The maximum absolute atomic E-state index is 11.8. The zero-order valence-electron chi connectivity index (χ0n) is 10.9. The van der Waals surface area contributed by atoms with E-state index in [0.29, 0.717) is 12.8 Å². The molecule has 1 fully saturated rings. The van der Waals surface area contributed by atoms with Gasteiger partial charge in [0, 0.05) is 12.5 Å². The van der Waals surface area contributed by atoms with Crippen LogP contribution >= 0.6 is 0 Å². The van der Waals surface area contributed by atoms with Gasteiger partial charge < -0.3 is 10.1 Å². The van der Waals surface area contributed by atoms with E-state index in [-0.39, 0.29) is 17.6 Å². The van der Waals surface area contributed by atoms with E-state index >= 15 is 0 Å². The summed E-state index contributed by atoms with van der Waals surface area (Å²) in [6, 6.07) is 0.147. The van der Waals surface area contributed by atoms with E-state index in [0.717, 1.165) is 25.7 Å². The van der Waals surface area contributed by atoms with Crippen LogP contribution in [0.1, 0.15) is 51.9 Å². The van der Waals surface area contributed by atoms with E-state index in [9.17, 15) is 4.79 Å². The van der Waals surface area contributed by atoms with Crippen LogP contribution in [0.4, 0.5) is 0 Å². The van der Waals surface area contributed by atoms with Gasteiger partial charge in [-0.05, 0) is 39.7 Å². The van der Waals surface area contributed by atoms with Crippen LogP contribution < -0.4 is 5.32 Å². The topological polar surface area (TPSA) is 38.3 Å². The summed E-state index contributed by atoms with van der Waals surface area (Å²) in [5.41, 5.74) is -0.377. The molecule has 1 N–H and O–H groups in total. The molecular formula is C14H23NO2. The molecule has 0 aromatic heterocycles. The lowest BCUT2D eigenvalue weighted by molar-refractivity contribution is -0.163. The fraction of sp³-hybridized carbons (Fsp3) is 0.786. The molecule has 96 valence electrons. The summed E-state index contributed by atoms with van der Waals surface area (Å²) in [6.07, 6.45) is 11.6. The summed E-state index contributed by atoms with van der Waals surface area (Å²) in [7, 11) is 1.84. The first-order valence-corrected chi connectivity index (χ1v) is 6.44. The Labute approximate surface area is 104 Å². The third-order valence-electron chi connectivity index (χ3n) is 3.49. The van der Waals surface area contributed by atoms with Gasteiger partial charge in [-0.15, -0.1) is 12.3 Å². The van der Waals surface area contributed by atoms with Gasteiger partial charge in [0.25, 0.3) is 0 Å². The molecule has 3 heteroatoms. The molecule has 0 heterocycles. The van der Waals surface area contributed by atoms with Crippen molar-refractivity contribution in [1.82, 2.24) is 5.32 Å². The number of nitrogens with one attached hydrogen (secondary N) is 1. The van der Waals surface area contributed by atoms with Crippen molar-refractivity contribution in [2.24, 2.45) is 0 Å². The zero-order valence-corrected chi connectivity index (χ0v) is 10.9. The van der Waals surface area contributed by atoms with Crippen LogP contribution in [-0.2, 0) is 9.53 Å². The quantitative estimate of drug-likeness (QED) is 0.589. The maximum Gasteiger partial charge on any atom is 0.307 e. The summed E-state index contributed by atoms with van der Waals surface area (Å²) in [5, 5.41) is 3.04. The number of ether oxygens (including phenoxy) is 1. The largest absolute Gasteiger partial charge is 0.458 e. The van der Waals surface area contributed by atoms with Crippen molar-refractivity contribution in [2.75, 3.05) is 7.05 Å². The van der Waals surface area contributed by atoms with Crippen LogP contribution in [0.25, 0.3) is 0 Å². The van der Waals surface area contributed by atoms with Crippen LogP contribution in [0.15, 0.2) is 0 Å². The van der Waals surface area contributed by atoms with Crippen LogP contribution in [0.2, 0.25) is 0 Å². The SMILES string of the molecule is C#CCC1(OC(=O)CC(C)NC)CCCCC1. The van der Waals surface area contributed by atoms with E-state index in [1.165, 1.54) is 6.42 Å². The molecule has 0 spiro atoms. The molecule has 1 saturated carbocycles. The number of carbonyl (C=O) groups excluding carboxylic acids is 1. The fourth-order valence-electron chi connectivity index (χ4n) is 2.33. The van der Waals surface area contributed by atoms with E-state index < -0.39 is 0 Å². The highest BCUT2D eigenvalue weighted by atomic mass is 16.6. The summed E-state index contributed by atoms with van der Waals surface area (Å²) in [5.74, 6) is 2.52. The first-order chi connectivity index (χ1) is 8.12. The van der Waals surface area contributed by atoms with Crippen molar-refractivity contribution >= 4 is 5.97 Å². The highest BCUT2D eigenvalue weighted by molar-refractivity contribution is 5.70. The molecule has 0 aromatic rings. The van der Waals surface area contributed by atoms with Gasteiger partial charge in [0.2, 0.25) is 0 Å². The summed E-state index contributed by atoms with van der Waals surface area (Å²) < 4.78 is 5.67. The second kappa shape index (κ2) is 6.66. The predicted octanol–water partition coefficient (Wildman–Crippen LogP) is 2.25. The monoisotopic (exact) mass is 237 g/mol. The Balaban J connectivity index is 2.54. The minimum absolute atomic E-state index is 0.135. The molecule has 0 saturated heterocycles. The van der Waals surface area contributed by atoms with Crippen molar-refractivity contribution < 1.29 is 9.53 Å². The molecule has 1 unspecified atom stereocenters. The van der Waals surface area contributed by atoms with Gasteiger partial charge in [-0.25, -0.2) is 0 Å². The molecule has 1 rings (SSSR count). The molecule has 1 atom stereocenters. The first-order valence-electron chi connectivity index (χ1n) is 6.44. The number of terminal acetylenes is 1. The Morgan fingerprint density at radius 3 is 2.65 bits per heavy atom. The Morgan fingerprint density at radius 1 is 1.47 bits per heavy atom. The Hall–Kier alpha value is -1.01. The molecule has 0 amide bonds. The Bertz CT molecular complexity index is 287. The Morgan fingerprint density at radius 2 is 2.12 bits per heavy atom. The van der Waals surface area contributed by atoms with E-state index in [4.69, 9.17) is 11.2 Å². The highest BCUT2D eigenvalue weighted by Crippen LogP contribution is 2.34. The summed E-state index contributed by atoms with van der Waals surface area (Å²) in [4.78, 5) is 11.8. The van der Waals surface area contributed by atoms with Crippen LogP contribution in [0.3, 0.4) is 0 Å². The molecule has 0 radical (unpaired) electrons. The minimum atomic E-state index is -0.377. The van der Waals surface area contributed by atoms with E-state index in [2.05, 4.69) is 11.2 Å². The van der Waals surface area contributed by atoms with Gasteiger partial charge in [-0.1, -0.05) is 6.42 Å². The van der Waals surface area contributed by atoms with E-state index in [1.54, 1.807) is 0 Å². The van der Waals surface area contributed by atoms with Crippen molar-refractivity contribution in [3.05, 3.63) is 0 Å². The second-order valence-electron chi connectivity index (χ2n) is 4.99. The molecule has 1 aliphatic carbocycles. The molecular weight excluding hydrogens is 214 g/mol. The lowest BCUT2D eigenvalue weighted by Crippen LogP contribution is -2.38. The smallest absolute Gasteiger partial charge is 0.307 e. The molecule has 0 bridgehead atoms. The molecule has 17 heavy (non-hydrogen) atoms. The fourth-order valence-corrected chi connectivity index (χ4v) is 2.33. The maximum atomic E-state index is 11.8. The lowest BCUT2D eigenvalue weighted by atomic mass is 9.82. The molecule has 0 aliphatic heterocycles. The normalized spacial score (nSPS) is 20.3. The molecule has 1 aliphatic rings. The number of hydrogen-bond acceptors (Lipinski definition) is 3. The van der Waals surface area contributed by atoms with Crippen molar-refractivity contribution in [2.45, 2.75) is 63.5 Å². The zero-order chi connectivity index (χ0) is 12.7. The molecule has 3 nitrogen and oxygen atoms in total. The predicted molar refractivity (Wildman–Crippen MR) is 68.5 cm³/mol. The third kappa shape index (κ3) is 4.40. The average Bonchev–Trinajstić information content (AvgIpc) is 2.29. The lowest BCUT2D eigenvalue weighted by Gasteiger charge is -2.35. The average molecular weight is 237 g/mol. The minimum Gasteiger partial charge on any atom is -0.458 e. The number of rotatable bonds is 5. The van der Waals surface area contributed by atoms with Gasteiger partial charge in [-0.3, -0.25) is 4.79 Å². The van der Waals surface area contributed by atoms with E-state index in [1.807, 2.05) is 14.0 Å². The highest BCUT2D eigenvalue weighted by Gasteiger charge is 2.35. The first kappa shape index (κ1) is 14.1. The van der Waals surface area contributed by atoms with Crippen LogP contribution in [0, 0.1) is 12.3 Å². The molecule has 0 aromatic carbocycles. The number of esters is 1. The van der Waals surface area contributed by atoms with Gasteiger partial charge in [0.1, 0.15) is 5.60 Å². The van der Waals surface area contributed by atoms with Gasteiger partial charge in [0.05, 0.1) is 6.42 Å². The van der Waals surface area contributed by atoms with Crippen LogP contribution in [0.5, 0.6) is 0 Å². The third-order valence-corrected chi connectivity index (χ3v) is 3.49. The van der Waals surface area contributed by atoms with Gasteiger partial charge in [-0.2, -0.15) is 0 Å². The van der Waals surface area contributed by atoms with Gasteiger partial charge in [0.15, 0.2) is 0 Å². The van der Waals surface area contributed by atoms with Crippen molar-refractivity contribution in [3.8, 4) is 12.3 Å². The van der Waals surface area contributed by atoms with Crippen molar-refractivity contribution in [3.63, 3.8) is 0 Å². The Kier molecular flexibility index (Phi) is 5.50. The number of carbonyl (C=O) groups is 1. The number of hydrogen-bond donors (Lipinski definition) is 1. The van der Waals surface area contributed by atoms with Gasteiger partial charge >= 0.3 is 5.97 Å².